The van der Waals surface area contributed by atoms with Crippen LogP contribution in [0.2, 0.25) is 0 Å². The Kier molecular flexibility index (Phi) is 46.2. The highest BCUT2D eigenvalue weighted by molar-refractivity contribution is 5.71. The second-order valence-electron chi connectivity index (χ2n) is 15.2. The Morgan fingerprint density at radius 3 is 0.968 bits per heavy atom. The van der Waals surface area contributed by atoms with Gasteiger partial charge >= 0.3 is 17.9 Å². The smallest absolute Gasteiger partial charge is 0.306 e. The van der Waals surface area contributed by atoms with Crippen LogP contribution in [0.4, 0.5) is 0 Å². The summed E-state index contributed by atoms with van der Waals surface area (Å²) in [6, 6.07) is 0. The van der Waals surface area contributed by atoms with Crippen molar-refractivity contribution < 1.29 is 28.6 Å². The molecular weight excluding hydrogens is 781 g/mol. The number of ether oxygens (including phenoxy) is 3. The predicted molar refractivity (Wildman–Crippen MR) is 269 cm³/mol. The SMILES string of the molecule is CC/C=C\C/C=C\C/C=C\C/C=C\C/C=C\CCC(=O)OCC(COC(=O)CC/C=C\C/C=C\CCCCCCCC)OC(=O)CC/C=C\C/C=C\C/C=C\C/C=C\C/C=C\CC. The van der Waals surface area contributed by atoms with Crippen LogP contribution in [0, 0.1) is 0 Å². The van der Waals surface area contributed by atoms with Gasteiger partial charge in [0.15, 0.2) is 6.10 Å². The summed E-state index contributed by atoms with van der Waals surface area (Å²) in [5.74, 6) is -1.21. The fraction of sp³-hybridized carbons (Fsp3) is 0.526. The molecule has 6 nitrogen and oxygen atoms in total. The van der Waals surface area contributed by atoms with Crippen LogP contribution in [0.25, 0.3) is 0 Å². The lowest BCUT2D eigenvalue weighted by atomic mass is 10.1. The van der Waals surface area contributed by atoms with Crippen LogP contribution in [-0.4, -0.2) is 37.2 Å². The Hall–Kier alpha value is -4.71. The van der Waals surface area contributed by atoms with Crippen LogP contribution < -0.4 is 0 Å². The lowest BCUT2D eigenvalue weighted by Crippen LogP contribution is -2.30. The number of esters is 3. The van der Waals surface area contributed by atoms with E-state index in [2.05, 4.69) is 136 Å². The molecule has 1 unspecified atom stereocenters. The van der Waals surface area contributed by atoms with E-state index in [-0.39, 0.29) is 38.4 Å². The van der Waals surface area contributed by atoms with Gasteiger partial charge in [-0.25, -0.2) is 0 Å². The van der Waals surface area contributed by atoms with E-state index in [0.717, 1.165) is 77.0 Å². The van der Waals surface area contributed by atoms with E-state index in [9.17, 15) is 14.4 Å². The molecule has 0 aliphatic heterocycles. The molecule has 0 bridgehead atoms. The van der Waals surface area contributed by atoms with Crippen LogP contribution in [0.15, 0.2) is 146 Å². The molecule has 0 aliphatic rings. The first-order chi connectivity index (χ1) is 31.0. The number of hydrogen-bond acceptors (Lipinski definition) is 6. The van der Waals surface area contributed by atoms with E-state index in [4.69, 9.17) is 14.2 Å². The Labute approximate surface area is 385 Å². The molecule has 0 rings (SSSR count). The second kappa shape index (κ2) is 49.9. The summed E-state index contributed by atoms with van der Waals surface area (Å²) in [4.78, 5) is 37.8. The first-order valence-corrected chi connectivity index (χ1v) is 24.3. The standard InChI is InChI=1S/C57H86O6/c1-4-7-10-13-16-19-22-25-27-29-32-35-38-41-44-47-50-56(59)62-53-54(52-61-55(58)49-46-43-40-37-34-31-24-21-18-15-12-9-6-3)63-57(60)51-48-45-42-39-36-33-30-28-26-23-20-17-14-11-8-5-2/h7-8,10-11,16-17,19-20,25-28,31-36,40-45,54H,4-6,9,12-15,18,21-24,29-30,37-39,46-53H2,1-3H3/b10-7-,11-8-,19-16-,20-17-,27-25-,28-26-,34-31-,35-32-,36-33-,43-40-,44-41-,45-42-. The molecular formula is C57H86O6. The zero-order chi connectivity index (χ0) is 45.8. The highest BCUT2D eigenvalue weighted by Crippen LogP contribution is 2.09. The Balaban J connectivity index is 4.71. The molecule has 0 spiro atoms. The van der Waals surface area contributed by atoms with E-state index in [1.165, 1.54) is 38.5 Å². The van der Waals surface area contributed by atoms with Gasteiger partial charge in [0, 0.05) is 19.3 Å². The molecule has 0 fully saturated rings. The van der Waals surface area contributed by atoms with Gasteiger partial charge in [0.05, 0.1) is 0 Å². The molecule has 0 saturated heterocycles. The fourth-order valence-electron chi connectivity index (χ4n) is 5.77. The minimum Gasteiger partial charge on any atom is -0.462 e. The number of allylic oxidation sites excluding steroid dienone is 24. The Morgan fingerprint density at radius 1 is 0.333 bits per heavy atom. The summed E-state index contributed by atoms with van der Waals surface area (Å²) in [6.07, 6.45) is 71.5. The van der Waals surface area contributed by atoms with Crippen molar-refractivity contribution in [3.05, 3.63) is 146 Å². The van der Waals surface area contributed by atoms with E-state index in [0.29, 0.717) is 19.3 Å². The van der Waals surface area contributed by atoms with Gasteiger partial charge in [0.1, 0.15) is 13.2 Å². The van der Waals surface area contributed by atoms with Gasteiger partial charge in [-0.05, 0) is 103 Å². The minimum absolute atomic E-state index is 0.167. The summed E-state index contributed by atoms with van der Waals surface area (Å²) < 4.78 is 16.5. The summed E-state index contributed by atoms with van der Waals surface area (Å²) in [7, 11) is 0. The number of unbranched alkanes of at least 4 members (excludes halogenated alkanes) is 6. The van der Waals surface area contributed by atoms with Crippen molar-refractivity contribution >= 4 is 17.9 Å². The van der Waals surface area contributed by atoms with Crippen molar-refractivity contribution in [1.82, 2.24) is 0 Å². The van der Waals surface area contributed by atoms with Gasteiger partial charge in [-0.3, -0.25) is 14.4 Å². The molecule has 6 heteroatoms. The van der Waals surface area contributed by atoms with Gasteiger partial charge < -0.3 is 14.2 Å². The van der Waals surface area contributed by atoms with Crippen molar-refractivity contribution in [2.24, 2.45) is 0 Å². The molecule has 0 radical (unpaired) electrons. The van der Waals surface area contributed by atoms with E-state index in [1.807, 2.05) is 30.4 Å². The number of carbonyl (C=O) groups excluding carboxylic acids is 3. The molecule has 0 amide bonds. The topological polar surface area (TPSA) is 78.9 Å². The third-order valence-corrected chi connectivity index (χ3v) is 9.35. The maximum absolute atomic E-state index is 12.7. The maximum Gasteiger partial charge on any atom is 0.306 e. The second-order valence-corrected chi connectivity index (χ2v) is 15.2. The third-order valence-electron chi connectivity index (χ3n) is 9.35. The molecule has 0 aromatic carbocycles. The fourth-order valence-corrected chi connectivity index (χ4v) is 5.77. The number of hydrogen-bond donors (Lipinski definition) is 0. The molecule has 0 N–H and O–H groups in total. The first-order valence-electron chi connectivity index (χ1n) is 24.3. The van der Waals surface area contributed by atoms with Crippen molar-refractivity contribution in [1.29, 1.82) is 0 Å². The van der Waals surface area contributed by atoms with Gasteiger partial charge in [-0.2, -0.15) is 0 Å². The van der Waals surface area contributed by atoms with Gasteiger partial charge in [-0.1, -0.05) is 199 Å². The van der Waals surface area contributed by atoms with E-state index in [1.54, 1.807) is 0 Å². The highest BCUT2D eigenvalue weighted by atomic mass is 16.6. The molecule has 0 heterocycles. The molecule has 1 atom stereocenters. The summed E-state index contributed by atoms with van der Waals surface area (Å²) >= 11 is 0. The Bertz CT molecular complexity index is 1460. The summed E-state index contributed by atoms with van der Waals surface area (Å²) in [5.41, 5.74) is 0. The molecule has 0 aliphatic carbocycles. The van der Waals surface area contributed by atoms with Crippen molar-refractivity contribution in [3.63, 3.8) is 0 Å². The molecule has 0 saturated carbocycles. The molecule has 63 heavy (non-hydrogen) atoms. The van der Waals surface area contributed by atoms with Crippen LogP contribution in [0.3, 0.4) is 0 Å². The van der Waals surface area contributed by atoms with Gasteiger partial charge in [-0.15, -0.1) is 0 Å². The number of rotatable bonds is 41. The normalized spacial score (nSPS) is 13.4. The molecule has 0 aromatic rings. The van der Waals surface area contributed by atoms with Crippen LogP contribution in [0.1, 0.15) is 175 Å². The van der Waals surface area contributed by atoms with Crippen LogP contribution in [0.5, 0.6) is 0 Å². The third kappa shape index (κ3) is 48.2. The van der Waals surface area contributed by atoms with Crippen LogP contribution in [-0.2, 0) is 28.6 Å². The van der Waals surface area contributed by atoms with Crippen molar-refractivity contribution in [2.75, 3.05) is 13.2 Å². The molecule has 350 valence electrons. The summed E-state index contributed by atoms with van der Waals surface area (Å²) in [6.45, 7) is 6.18. The monoisotopic (exact) mass is 867 g/mol. The van der Waals surface area contributed by atoms with Crippen LogP contribution >= 0.6 is 0 Å². The lowest BCUT2D eigenvalue weighted by Gasteiger charge is -2.18. The molecule has 0 aromatic heterocycles. The minimum atomic E-state index is -0.875. The first kappa shape index (κ1) is 58.3. The zero-order valence-corrected chi connectivity index (χ0v) is 39.8. The quantitative estimate of drug-likeness (QED) is 0.0264. The summed E-state index contributed by atoms with van der Waals surface area (Å²) in [5, 5.41) is 0. The average molecular weight is 867 g/mol. The predicted octanol–water partition coefficient (Wildman–Crippen LogP) is 16.1. The average Bonchev–Trinajstić information content (AvgIpc) is 3.28. The van der Waals surface area contributed by atoms with Gasteiger partial charge in [0.25, 0.3) is 0 Å². The van der Waals surface area contributed by atoms with Gasteiger partial charge in [0.2, 0.25) is 0 Å². The Morgan fingerprint density at radius 2 is 0.619 bits per heavy atom. The van der Waals surface area contributed by atoms with Crippen molar-refractivity contribution in [3.8, 4) is 0 Å². The van der Waals surface area contributed by atoms with E-state index < -0.39 is 18.0 Å². The van der Waals surface area contributed by atoms with E-state index >= 15 is 0 Å². The maximum atomic E-state index is 12.7. The lowest BCUT2D eigenvalue weighted by molar-refractivity contribution is -0.166. The largest absolute Gasteiger partial charge is 0.462 e. The highest BCUT2D eigenvalue weighted by Gasteiger charge is 2.19. The zero-order valence-electron chi connectivity index (χ0n) is 39.8. The number of carbonyl (C=O) groups is 3. The van der Waals surface area contributed by atoms with Crippen molar-refractivity contribution in [2.45, 2.75) is 181 Å².